The fourth-order valence-corrected chi connectivity index (χ4v) is 2.42. The fourth-order valence-electron chi connectivity index (χ4n) is 2.29. The van der Waals surface area contributed by atoms with Gasteiger partial charge in [-0.2, -0.15) is 0 Å². The first-order chi connectivity index (χ1) is 7.47. The lowest BCUT2D eigenvalue weighted by atomic mass is 9.68. The van der Waals surface area contributed by atoms with Gasteiger partial charge >= 0.3 is 0 Å². The average Bonchev–Trinajstić information content (AvgIpc) is 2.16. The normalized spacial score (nSPS) is 25.6. The lowest BCUT2D eigenvalue weighted by Gasteiger charge is -2.36. The van der Waals surface area contributed by atoms with Gasteiger partial charge in [0.2, 0.25) is 0 Å². The Kier molecular flexibility index (Phi) is 4.55. The molecule has 0 radical (unpaired) electrons. The highest BCUT2D eigenvalue weighted by Crippen LogP contribution is 2.41. The first-order valence-corrected chi connectivity index (χ1v) is 6.01. The Balaban J connectivity index is 2.85. The molecule has 2 heteroatoms. The summed E-state index contributed by atoms with van der Waals surface area (Å²) in [6, 6.07) is 0. The molecule has 0 N–H and O–H groups in total. The number of aldehydes is 1. The van der Waals surface area contributed by atoms with Gasteiger partial charge in [-0.1, -0.05) is 43.2 Å². The molecule has 1 aliphatic rings. The number of hydrogen-bond acceptors (Lipinski definition) is 1. The van der Waals surface area contributed by atoms with Crippen LogP contribution in [-0.4, -0.2) is 6.29 Å². The van der Waals surface area contributed by atoms with Gasteiger partial charge in [0.25, 0.3) is 0 Å². The van der Waals surface area contributed by atoms with Crippen LogP contribution in [0.25, 0.3) is 0 Å². The third-order valence-corrected chi connectivity index (χ3v) is 3.51. The number of halogens is 1. The van der Waals surface area contributed by atoms with Gasteiger partial charge in [-0.15, -0.1) is 0 Å². The average molecular weight is 239 g/mol. The molecule has 88 valence electrons. The van der Waals surface area contributed by atoms with Crippen LogP contribution >= 0.6 is 11.6 Å². The molecule has 1 rings (SSSR count). The zero-order valence-electron chi connectivity index (χ0n) is 10.2. The van der Waals surface area contributed by atoms with Crippen molar-refractivity contribution in [2.45, 2.75) is 33.6 Å². The summed E-state index contributed by atoms with van der Waals surface area (Å²) < 4.78 is 0. The highest BCUT2D eigenvalue weighted by molar-refractivity contribution is 6.32. The van der Waals surface area contributed by atoms with Gasteiger partial charge in [-0.25, -0.2) is 0 Å². The summed E-state index contributed by atoms with van der Waals surface area (Å²) in [5.41, 5.74) is 1.66. The molecule has 1 unspecified atom stereocenters. The van der Waals surface area contributed by atoms with Gasteiger partial charge in [0.05, 0.1) is 0 Å². The lowest BCUT2D eigenvalue weighted by Crippen LogP contribution is -2.26. The van der Waals surface area contributed by atoms with E-state index in [1.807, 2.05) is 6.08 Å². The molecule has 0 aromatic heterocycles. The smallest absolute Gasteiger partial charge is 0.144 e. The molecule has 0 saturated heterocycles. The maximum atomic E-state index is 10.3. The standard InChI is InChI=1S/C14H19ClO/c1-11-5-4-9-14(2,3)13(11)7-6-12(15)8-10-16/h5-8,10,13H,4,9H2,1-3H3/b7-6+,12-8-. The van der Waals surface area contributed by atoms with Crippen LogP contribution in [0.2, 0.25) is 0 Å². The minimum absolute atomic E-state index is 0.272. The quantitative estimate of drug-likeness (QED) is 0.311. The molecule has 0 heterocycles. The lowest BCUT2D eigenvalue weighted by molar-refractivity contribution is -0.104. The number of hydrogen-bond donors (Lipinski definition) is 0. The van der Waals surface area contributed by atoms with Crippen LogP contribution in [0.3, 0.4) is 0 Å². The van der Waals surface area contributed by atoms with E-state index in [0.717, 1.165) is 6.42 Å². The van der Waals surface area contributed by atoms with Crippen molar-refractivity contribution in [2.24, 2.45) is 11.3 Å². The van der Waals surface area contributed by atoms with Crippen molar-refractivity contribution >= 4 is 17.9 Å². The van der Waals surface area contributed by atoms with Crippen molar-refractivity contribution in [2.75, 3.05) is 0 Å². The van der Waals surface area contributed by atoms with Gasteiger partial charge in [0.1, 0.15) is 6.29 Å². The van der Waals surface area contributed by atoms with Crippen molar-refractivity contribution in [3.05, 3.63) is 34.9 Å². The largest absolute Gasteiger partial charge is 0.299 e. The van der Waals surface area contributed by atoms with Gasteiger partial charge in [0.15, 0.2) is 0 Å². The molecule has 1 aliphatic carbocycles. The van der Waals surface area contributed by atoms with E-state index in [2.05, 4.69) is 32.9 Å². The van der Waals surface area contributed by atoms with Crippen LogP contribution in [-0.2, 0) is 4.79 Å². The van der Waals surface area contributed by atoms with Gasteiger partial charge in [-0.3, -0.25) is 4.79 Å². The predicted molar refractivity (Wildman–Crippen MR) is 69.4 cm³/mol. The van der Waals surface area contributed by atoms with Crippen LogP contribution in [0.4, 0.5) is 0 Å². The van der Waals surface area contributed by atoms with E-state index in [4.69, 9.17) is 11.6 Å². The highest BCUT2D eigenvalue weighted by Gasteiger charge is 2.30. The molecule has 0 amide bonds. The van der Waals surface area contributed by atoms with Gasteiger partial charge in [-0.05, 0) is 37.3 Å². The van der Waals surface area contributed by atoms with E-state index in [1.54, 1.807) is 0 Å². The maximum absolute atomic E-state index is 10.3. The summed E-state index contributed by atoms with van der Waals surface area (Å²) in [6.45, 7) is 6.71. The summed E-state index contributed by atoms with van der Waals surface area (Å²) in [7, 11) is 0. The third-order valence-electron chi connectivity index (χ3n) is 3.26. The van der Waals surface area contributed by atoms with Gasteiger partial charge in [0, 0.05) is 11.0 Å². The summed E-state index contributed by atoms with van der Waals surface area (Å²) in [4.78, 5) is 10.3. The second-order valence-electron chi connectivity index (χ2n) is 5.00. The van der Waals surface area contributed by atoms with E-state index in [-0.39, 0.29) is 5.41 Å². The number of rotatable bonds is 3. The zero-order chi connectivity index (χ0) is 12.2. The van der Waals surface area contributed by atoms with Crippen LogP contribution in [0.15, 0.2) is 34.9 Å². The van der Waals surface area contributed by atoms with E-state index >= 15 is 0 Å². The molecule has 0 saturated carbocycles. The Bertz CT molecular complexity index is 348. The minimum Gasteiger partial charge on any atom is -0.299 e. The van der Waals surface area contributed by atoms with Crippen LogP contribution in [0.1, 0.15) is 33.6 Å². The Morgan fingerprint density at radius 3 is 2.81 bits per heavy atom. The molecule has 0 aromatic rings. The Morgan fingerprint density at radius 1 is 1.56 bits per heavy atom. The monoisotopic (exact) mass is 238 g/mol. The molecule has 0 aromatic carbocycles. The first kappa shape index (κ1) is 13.2. The molecule has 0 aliphatic heterocycles. The molecule has 1 nitrogen and oxygen atoms in total. The van der Waals surface area contributed by atoms with Crippen molar-refractivity contribution in [3.63, 3.8) is 0 Å². The van der Waals surface area contributed by atoms with Crippen LogP contribution in [0, 0.1) is 11.3 Å². The predicted octanol–water partition coefficient (Wildman–Crippen LogP) is 4.25. The van der Waals surface area contributed by atoms with Crippen LogP contribution in [0.5, 0.6) is 0 Å². The van der Waals surface area contributed by atoms with Crippen molar-refractivity contribution in [1.29, 1.82) is 0 Å². The molecular formula is C14H19ClO. The van der Waals surface area contributed by atoms with E-state index in [1.165, 1.54) is 18.1 Å². The third kappa shape index (κ3) is 3.34. The molecule has 0 fully saturated rings. The van der Waals surface area contributed by atoms with E-state index in [9.17, 15) is 4.79 Å². The topological polar surface area (TPSA) is 17.1 Å². The van der Waals surface area contributed by atoms with Gasteiger partial charge < -0.3 is 0 Å². The molecule has 1 atom stereocenters. The fraction of sp³-hybridized carbons (Fsp3) is 0.500. The molecular weight excluding hydrogens is 220 g/mol. The summed E-state index contributed by atoms with van der Waals surface area (Å²) in [5.74, 6) is 0.412. The molecule has 16 heavy (non-hydrogen) atoms. The van der Waals surface area contributed by atoms with E-state index in [0.29, 0.717) is 17.2 Å². The number of carbonyl (C=O) groups excluding carboxylic acids is 1. The summed E-state index contributed by atoms with van der Waals surface area (Å²) in [6.07, 6.45) is 10.6. The summed E-state index contributed by atoms with van der Waals surface area (Å²) >= 11 is 5.86. The van der Waals surface area contributed by atoms with Crippen molar-refractivity contribution in [3.8, 4) is 0 Å². The van der Waals surface area contributed by atoms with Crippen LogP contribution < -0.4 is 0 Å². The zero-order valence-corrected chi connectivity index (χ0v) is 10.9. The molecule has 0 spiro atoms. The molecule has 0 bridgehead atoms. The Labute approximate surface area is 103 Å². The summed E-state index contributed by atoms with van der Waals surface area (Å²) in [5, 5.41) is 0.490. The SMILES string of the molecule is CC1=CCCC(C)(C)C1/C=C/C(Cl)=C/C=O. The maximum Gasteiger partial charge on any atom is 0.144 e. The first-order valence-electron chi connectivity index (χ1n) is 5.63. The van der Waals surface area contributed by atoms with E-state index < -0.39 is 0 Å². The minimum atomic E-state index is 0.272. The Morgan fingerprint density at radius 2 is 2.25 bits per heavy atom. The Hall–Kier alpha value is -0.820. The van der Waals surface area contributed by atoms with Crippen molar-refractivity contribution in [1.82, 2.24) is 0 Å². The van der Waals surface area contributed by atoms with Crippen molar-refractivity contribution < 1.29 is 4.79 Å². The number of allylic oxidation sites excluding steroid dienone is 6. The highest BCUT2D eigenvalue weighted by atomic mass is 35.5. The second-order valence-corrected chi connectivity index (χ2v) is 5.44. The number of carbonyl (C=O) groups is 1. The second kappa shape index (κ2) is 5.49.